The maximum Gasteiger partial charge on any atom is 0.317 e. The lowest BCUT2D eigenvalue weighted by atomic mass is 10.2. The molecule has 0 bridgehead atoms. The first-order valence-electron chi connectivity index (χ1n) is 9.14. The number of aromatic nitrogens is 1. The number of hydrogen-bond acceptors (Lipinski definition) is 6. The van der Waals surface area contributed by atoms with Crippen LogP contribution in [0.25, 0.3) is 0 Å². The van der Waals surface area contributed by atoms with Crippen LogP contribution in [-0.2, 0) is 6.54 Å². The van der Waals surface area contributed by atoms with Crippen LogP contribution in [-0.4, -0.2) is 63.4 Å². The SMILES string of the molecule is COc1cc(N2CCN(C(=O)NCc3ccccn3)CC2)cc(OC)c1OC. The first-order valence-corrected chi connectivity index (χ1v) is 9.14. The standard InChI is InChI=1S/C20H26N4O4/c1-26-17-12-16(13-18(27-2)19(17)28-3)23-8-10-24(11-9-23)20(25)22-14-15-6-4-5-7-21-15/h4-7,12-13H,8-11,14H2,1-3H3,(H,22,25). The Balaban J connectivity index is 1.59. The number of methoxy groups -OCH3 is 3. The lowest BCUT2D eigenvalue weighted by Gasteiger charge is -2.36. The molecule has 2 aromatic rings. The first kappa shape index (κ1) is 19.6. The largest absolute Gasteiger partial charge is 0.493 e. The molecule has 1 fully saturated rings. The van der Waals surface area contributed by atoms with Gasteiger partial charge >= 0.3 is 6.03 Å². The van der Waals surface area contributed by atoms with E-state index in [9.17, 15) is 4.79 Å². The van der Waals surface area contributed by atoms with E-state index in [1.54, 1.807) is 27.5 Å². The van der Waals surface area contributed by atoms with Crippen molar-refractivity contribution in [3.05, 3.63) is 42.2 Å². The van der Waals surface area contributed by atoms with Gasteiger partial charge in [-0.1, -0.05) is 6.07 Å². The second-order valence-electron chi connectivity index (χ2n) is 6.34. The van der Waals surface area contributed by atoms with Gasteiger partial charge < -0.3 is 29.3 Å². The van der Waals surface area contributed by atoms with Crippen molar-refractivity contribution in [2.45, 2.75) is 6.54 Å². The van der Waals surface area contributed by atoms with Crippen LogP contribution in [0.4, 0.5) is 10.5 Å². The van der Waals surface area contributed by atoms with Gasteiger partial charge in [-0.3, -0.25) is 4.98 Å². The van der Waals surface area contributed by atoms with Crippen molar-refractivity contribution >= 4 is 11.7 Å². The van der Waals surface area contributed by atoms with E-state index in [0.29, 0.717) is 36.9 Å². The van der Waals surface area contributed by atoms with Gasteiger partial charge in [0.25, 0.3) is 0 Å². The molecule has 28 heavy (non-hydrogen) atoms. The molecule has 8 heteroatoms. The summed E-state index contributed by atoms with van der Waals surface area (Å²) in [5.41, 5.74) is 1.81. The third-order valence-electron chi connectivity index (χ3n) is 4.73. The molecule has 0 unspecified atom stereocenters. The van der Waals surface area contributed by atoms with E-state index in [4.69, 9.17) is 14.2 Å². The van der Waals surface area contributed by atoms with Crippen molar-refractivity contribution in [2.75, 3.05) is 52.4 Å². The Bertz CT molecular complexity index is 767. The molecular weight excluding hydrogens is 360 g/mol. The molecule has 0 spiro atoms. The Hall–Kier alpha value is -3.16. The van der Waals surface area contributed by atoms with Crippen molar-refractivity contribution in [1.82, 2.24) is 15.2 Å². The van der Waals surface area contributed by atoms with Crippen LogP contribution >= 0.6 is 0 Å². The lowest BCUT2D eigenvalue weighted by molar-refractivity contribution is 0.193. The summed E-state index contributed by atoms with van der Waals surface area (Å²) in [6.45, 7) is 3.12. The van der Waals surface area contributed by atoms with Gasteiger partial charge in [0.2, 0.25) is 5.75 Å². The minimum absolute atomic E-state index is 0.0739. The summed E-state index contributed by atoms with van der Waals surface area (Å²) < 4.78 is 16.2. The first-order chi connectivity index (χ1) is 13.7. The molecule has 3 rings (SSSR count). The summed E-state index contributed by atoms with van der Waals surface area (Å²) in [5.74, 6) is 1.81. The Morgan fingerprint density at radius 2 is 1.71 bits per heavy atom. The molecule has 1 aromatic carbocycles. The number of amides is 2. The van der Waals surface area contributed by atoms with Crippen LogP contribution in [0.3, 0.4) is 0 Å². The summed E-state index contributed by atoms with van der Waals surface area (Å²) >= 11 is 0. The summed E-state index contributed by atoms with van der Waals surface area (Å²) in [6, 6.07) is 9.44. The molecular formula is C20H26N4O4. The molecule has 1 aliphatic rings. The molecule has 1 aromatic heterocycles. The fourth-order valence-electron chi connectivity index (χ4n) is 3.20. The fourth-order valence-corrected chi connectivity index (χ4v) is 3.20. The van der Waals surface area contributed by atoms with Crippen molar-refractivity contribution in [3.63, 3.8) is 0 Å². The molecule has 2 amide bonds. The Labute approximate surface area is 165 Å². The maximum atomic E-state index is 12.4. The van der Waals surface area contributed by atoms with E-state index in [1.807, 2.05) is 35.2 Å². The summed E-state index contributed by atoms with van der Waals surface area (Å²) in [7, 11) is 4.79. The second kappa shape index (κ2) is 9.16. The average molecular weight is 386 g/mol. The van der Waals surface area contributed by atoms with Gasteiger partial charge in [0.15, 0.2) is 11.5 Å². The molecule has 0 aliphatic carbocycles. The zero-order valence-corrected chi connectivity index (χ0v) is 16.5. The predicted molar refractivity (Wildman–Crippen MR) is 106 cm³/mol. The average Bonchev–Trinajstić information content (AvgIpc) is 2.77. The molecule has 1 saturated heterocycles. The zero-order chi connectivity index (χ0) is 19.9. The smallest absolute Gasteiger partial charge is 0.317 e. The third kappa shape index (κ3) is 4.39. The van der Waals surface area contributed by atoms with E-state index in [2.05, 4.69) is 15.2 Å². The van der Waals surface area contributed by atoms with E-state index < -0.39 is 0 Å². The van der Waals surface area contributed by atoms with Gasteiger partial charge in [-0.2, -0.15) is 0 Å². The topological polar surface area (TPSA) is 76.2 Å². The van der Waals surface area contributed by atoms with Crippen LogP contribution in [0.15, 0.2) is 36.5 Å². The van der Waals surface area contributed by atoms with Crippen LogP contribution in [0.5, 0.6) is 17.2 Å². The van der Waals surface area contributed by atoms with E-state index in [-0.39, 0.29) is 6.03 Å². The number of piperazine rings is 1. The highest BCUT2D eigenvalue weighted by Crippen LogP contribution is 2.41. The highest BCUT2D eigenvalue weighted by Gasteiger charge is 2.23. The molecule has 0 radical (unpaired) electrons. The highest BCUT2D eigenvalue weighted by molar-refractivity contribution is 5.74. The van der Waals surface area contributed by atoms with Crippen LogP contribution < -0.4 is 24.4 Å². The molecule has 8 nitrogen and oxygen atoms in total. The van der Waals surface area contributed by atoms with Crippen molar-refractivity contribution in [1.29, 1.82) is 0 Å². The second-order valence-corrected chi connectivity index (χ2v) is 6.34. The summed E-state index contributed by atoms with van der Waals surface area (Å²) in [4.78, 5) is 20.6. The number of nitrogens with one attached hydrogen (secondary N) is 1. The van der Waals surface area contributed by atoms with E-state index in [0.717, 1.165) is 24.5 Å². The van der Waals surface area contributed by atoms with E-state index >= 15 is 0 Å². The number of pyridine rings is 1. The van der Waals surface area contributed by atoms with E-state index in [1.165, 1.54) is 0 Å². The third-order valence-corrected chi connectivity index (χ3v) is 4.73. The Morgan fingerprint density at radius 3 is 2.25 bits per heavy atom. The number of ether oxygens (including phenoxy) is 3. The molecule has 2 heterocycles. The summed E-state index contributed by atoms with van der Waals surface area (Å²) in [5, 5.41) is 2.92. The number of urea groups is 1. The minimum atomic E-state index is -0.0739. The molecule has 150 valence electrons. The number of nitrogens with zero attached hydrogens (tertiary/aromatic N) is 3. The minimum Gasteiger partial charge on any atom is -0.493 e. The normalized spacial score (nSPS) is 13.8. The number of anilines is 1. The molecule has 0 atom stereocenters. The predicted octanol–water partition coefficient (Wildman–Crippen LogP) is 2.14. The van der Waals surface area contributed by atoms with Crippen molar-refractivity contribution in [3.8, 4) is 17.2 Å². The van der Waals surface area contributed by atoms with Gasteiger partial charge in [0.05, 0.1) is 33.6 Å². The Morgan fingerprint density at radius 1 is 1.04 bits per heavy atom. The van der Waals surface area contributed by atoms with Gasteiger partial charge in [-0.05, 0) is 12.1 Å². The number of carbonyl (C=O) groups excluding carboxylic acids is 1. The van der Waals surface area contributed by atoms with Crippen molar-refractivity contribution < 1.29 is 19.0 Å². The quantitative estimate of drug-likeness (QED) is 0.820. The van der Waals surface area contributed by atoms with Gasteiger partial charge in [0.1, 0.15) is 0 Å². The maximum absolute atomic E-state index is 12.4. The number of hydrogen-bond donors (Lipinski definition) is 1. The highest BCUT2D eigenvalue weighted by atomic mass is 16.5. The van der Waals surface area contributed by atoms with Crippen molar-refractivity contribution in [2.24, 2.45) is 0 Å². The number of benzene rings is 1. The molecule has 1 N–H and O–H groups in total. The van der Waals surface area contributed by atoms with Gasteiger partial charge in [-0.15, -0.1) is 0 Å². The monoisotopic (exact) mass is 386 g/mol. The van der Waals surface area contributed by atoms with Crippen LogP contribution in [0.2, 0.25) is 0 Å². The number of rotatable bonds is 6. The van der Waals surface area contributed by atoms with Gasteiger partial charge in [-0.25, -0.2) is 4.79 Å². The fraction of sp³-hybridized carbons (Fsp3) is 0.400. The number of carbonyl (C=O) groups is 1. The Kier molecular flexibility index (Phi) is 6.41. The van der Waals surface area contributed by atoms with Crippen LogP contribution in [0, 0.1) is 0 Å². The summed E-state index contributed by atoms with van der Waals surface area (Å²) in [6.07, 6.45) is 1.72. The lowest BCUT2D eigenvalue weighted by Crippen LogP contribution is -2.51. The van der Waals surface area contributed by atoms with Crippen LogP contribution in [0.1, 0.15) is 5.69 Å². The van der Waals surface area contributed by atoms with Gasteiger partial charge in [0, 0.05) is 50.2 Å². The zero-order valence-electron chi connectivity index (χ0n) is 16.5. The molecule has 0 saturated carbocycles. The molecule has 1 aliphatic heterocycles.